The molecule has 0 saturated carbocycles. The normalized spacial score (nSPS) is 8.81. The van der Waals surface area contributed by atoms with E-state index in [1.807, 2.05) is 0 Å². The number of Topliss-reactive ketones (excluding diaryl/α,β-unsaturated/α-hetero) is 1. The molecule has 16 heavy (non-hydrogen) atoms. The Morgan fingerprint density at radius 2 is 2.12 bits per heavy atom. The lowest BCUT2D eigenvalue weighted by Gasteiger charge is -1.96. The van der Waals surface area contributed by atoms with Gasteiger partial charge in [-0.15, -0.1) is 0 Å². The van der Waals surface area contributed by atoms with Gasteiger partial charge in [-0.2, -0.15) is 4.79 Å². The first-order valence-corrected chi connectivity index (χ1v) is 5.18. The SMILES string of the molecule is C=CCOC(=O)C(=[N+]=[N-])C(=O)CSC(C)=O. The summed E-state index contributed by atoms with van der Waals surface area (Å²) in [5, 5.41) is -0.273. The first-order valence-electron chi connectivity index (χ1n) is 4.19. The van der Waals surface area contributed by atoms with Crippen LogP contribution in [-0.4, -0.2) is 39.7 Å². The van der Waals surface area contributed by atoms with Crippen molar-refractivity contribution in [3.8, 4) is 0 Å². The van der Waals surface area contributed by atoms with Gasteiger partial charge in [-0.3, -0.25) is 9.59 Å². The molecule has 0 aromatic rings. The van der Waals surface area contributed by atoms with Crippen LogP contribution in [-0.2, 0) is 19.1 Å². The van der Waals surface area contributed by atoms with Crippen LogP contribution in [0.2, 0.25) is 0 Å². The van der Waals surface area contributed by atoms with Crippen molar-refractivity contribution >= 4 is 34.3 Å². The number of hydrogen-bond donors (Lipinski definition) is 0. The molecule has 0 spiro atoms. The number of hydrogen-bond acceptors (Lipinski definition) is 5. The van der Waals surface area contributed by atoms with E-state index < -0.39 is 17.5 Å². The summed E-state index contributed by atoms with van der Waals surface area (Å²) in [5.41, 5.74) is 7.75. The molecule has 0 atom stereocenters. The van der Waals surface area contributed by atoms with Crippen molar-refractivity contribution in [2.75, 3.05) is 12.4 Å². The van der Waals surface area contributed by atoms with E-state index >= 15 is 0 Å². The third-order valence-electron chi connectivity index (χ3n) is 1.30. The van der Waals surface area contributed by atoms with Crippen molar-refractivity contribution in [3.63, 3.8) is 0 Å². The van der Waals surface area contributed by atoms with E-state index in [4.69, 9.17) is 5.53 Å². The first-order chi connectivity index (χ1) is 7.52. The molecule has 86 valence electrons. The molecular formula is C9H10N2O4S. The highest BCUT2D eigenvalue weighted by atomic mass is 32.2. The predicted octanol–water partition coefficient (Wildman–Crippen LogP) is 0.235. The summed E-state index contributed by atoms with van der Waals surface area (Å²) >= 11 is 0.716. The van der Waals surface area contributed by atoms with Gasteiger partial charge < -0.3 is 10.3 Å². The van der Waals surface area contributed by atoms with E-state index in [9.17, 15) is 14.4 Å². The van der Waals surface area contributed by atoms with Crippen LogP contribution in [0.15, 0.2) is 12.7 Å². The minimum absolute atomic E-state index is 0.0923. The summed E-state index contributed by atoms with van der Waals surface area (Å²) in [6.45, 7) is 4.50. The zero-order chi connectivity index (χ0) is 12.6. The quantitative estimate of drug-likeness (QED) is 0.166. The van der Waals surface area contributed by atoms with E-state index in [-0.39, 0.29) is 17.5 Å². The summed E-state index contributed by atoms with van der Waals surface area (Å²) in [6.07, 6.45) is 1.31. The zero-order valence-corrected chi connectivity index (χ0v) is 9.45. The Bertz CT molecular complexity index is 372. The van der Waals surface area contributed by atoms with Crippen LogP contribution >= 0.6 is 11.8 Å². The van der Waals surface area contributed by atoms with Gasteiger partial charge in [0.25, 0.3) is 5.78 Å². The van der Waals surface area contributed by atoms with E-state index in [2.05, 4.69) is 16.1 Å². The average molecular weight is 242 g/mol. The fourth-order valence-electron chi connectivity index (χ4n) is 0.649. The highest BCUT2D eigenvalue weighted by molar-refractivity contribution is 8.14. The van der Waals surface area contributed by atoms with Crippen molar-refractivity contribution in [2.45, 2.75) is 6.92 Å². The molecule has 0 heterocycles. The van der Waals surface area contributed by atoms with Crippen molar-refractivity contribution in [2.24, 2.45) is 0 Å². The maximum absolute atomic E-state index is 11.3. The summed E-state index contributed by atoms with van der Waals surface area (Å²) in [7, 11) is 0. The van der Waals surface area contributed by atoms with Crippen molar-refractivity contribution in [3.05, 3.63) is 18.2 Å². The van der Waals surface area contributed by atoms with Gasteiger partial charge in [0.15, 0.2) is 5.12 Å². The van der Waals surface area contributed by atoms with Crippen LogP contribution in [0.3, 0.4) is 0 Å². The van der Waals surface area contributed by atoms with E-state index in [1.54, 1.807) is 0 Å². The lowest BCUT2D eigenvalue weighted by molar-refractivity contribution is -0.140. The molecule has 0 aliphatic carbocycles. The molecule has 0 aromatic carbocycles. The Hall–Kier alpha value is -1.72. The lowest BCUT2D eigenvalue weighted by Crippen LogP contribution is -2.29. The molecule has 0 unspecified atom stereocenters. The molecule has 0 aromatic heterocycles. The van der Waals surface area contributed by atoms with Gasteiger partial charge in [-0.25, -0.2) is 4.79 Å². The second-order valence-corrected chi connectivity index (χ2v) is 3.69. The number of ether oxygens (including phenoxy) is 1. The lowest BCUT2D eigenvalue weighted by atomic mass is 10.3. The third-order valence-corrected chi connectivity index (χ3v) is 2.11. The number of rotatable bonds is 6. The molecule has 0 bridgehead atoms. The number of ketones is 1. The molecule has 0 aliphatic rings. The van der Waals surface area contributed by atoms with Gasteiger partial charge in [0, 0.05) is 6.92 Å². The van der Waals surface area contributed by atoms with Gasteiger partial charge >= 0.3 is 11.7 Å². The maximum atomic E-state index is 11.3. The standard InChI is InChI=1S/C9H10N2O4S/c1-3-4-15-9(14)8(11-10)7(13)5-16-6(2)12/h3H,1,4-5H2,2H3. The van der Waals surface area contributed by atoms with Crippen LogP contribution in [0.25, 0.3) is 5.53 Å². The second-order valence-electron chi connectivity index (χ2n) is 2.54. The Labute approximate surface area is 96.3 Å². The zero-order valence-electron chi connectivity index (χ0n) is 8.63. The van der Waals surface area contributed by atoms with E-state index in [0.29, 0.717) is 11.8 Å². The third kappa shape index (κ3) is 5.23. The molecule has 7 heteroatoms. The molecule has 0 rings (SSSR count). The Kier molecular flexibility index (Phi) is 6.74. The molecule has 0 N–H and O–H groups in total. The van der Waals surface area contributed by atoms with Gasteiger partial charge in [-0.05, 0) is 0 Å². The summed E-state index contributed by atoms with van der Waals surface area (Å²) < 4.78 is 4.51. The number of carbonyl (C=O) groups is 3. The van der Waals surface area contributed by atoms with Crippen LogP contribution in [0.4, 0.5) is 0 Å². The Morgan fingerprint density at radius 3 is 2.56 bits per heavy atom. The average Bonchev–Trinajstić information content (AvgIpc) is 2.24. The molecule has 6 nitrogen and oxygen atoms in total. The number of carbonyl (C=O) groups excluding carboxylic acids is 3. The summed E-state index contributed by atoms with van der Waals surface area (Å²) in [6, 6.07) is 0. The van der Waals surface area contributed by atoms with Crippen LogP contribution in [0.1, 0.15) is 6.92 Å². The van der Waals surface area contributed by atoms with Gasteiger partial charge in [0.05, 0.1) is 5.75 Å². The van der Waals surface area contributed by atoms with Gasteiger partial charge in [-0.1, -0.05) is 24.4 Å². The Balaban J connectivity index is 4.44. The first kappa shape index (κ1) is 14.3. The van der Waals surface area contributed by atoms with Crippen LogP contribution < -0.4 is 0 Å². The van der Waals surface area contributed by atoms with Crippen LogP contribution in [0, 0.1) is 0 Å². The second kappa shape index (κ2) is 7.56. The van der Waals surface area contributed by atoms with E-state index in [0.717, 1.165) is 0 Å². The molecule has 0 amide bonds. The molecular weight excluding hydrogens is 232 g/mol. The highest BCUT2D eigenvalue weighted by Gasteiger charge is 2.30. The molecule has 0 fully saturated rings. The minimum Gasteiger partial charge on any atom is -0.453 e. The minimum atomic E-state index is -1.04. The van der Waals surface area contributed by atoms with Crippen LogP contribution in [0.5, 0.6) is 0 Å². The molecule has 0 saturated heterocycles. The van der Waals surface area contributed by atoms with Gasteiger partial charge in [0.2, 0.25) is 0 Å². The van der Waals surface area contributed by atoms with E-state index in [1.165, 1.54) is 13.0 Å². The smallest absolute Gasteiger partial charge is 0.442 e. The van der Waals surface area contributed by atoms with Crippen molar-refractivity contribution < 1.29 is 23.9 Å². The molecule has 0 radical (unpaired) electrons. The summed E-state index contributed by atoms with van der Waals surface area (Å²) in [5.74, 6) is -2.08. The maximum Gasteiger partial charge on any atom is 0.442 e. The Morgan fingerprint density at radius 1 is 1.50 bits per heavy atom. The topological polar surface area (TPSA) is 96.8 Å². The number of thioether (sulfide) groups is 1. The number of nitrogens with zero attached hydrogens (tertiary/aromatic N) is 2. The van der Waals surface area contributed by atoms with Gasteiger partial charge in [0.1, 0.15) is 6.61 Å². The van der Waals surface area contributed by atoms with Crippen molar-refractivity contribution in [1.82, 2.24) is 0 Å². The monoisotopic (exact) mass is 242 g/mol. The fraction of sp³-hybridized carbons (Fsp3) is 0.333. The largest absolute Gasteiger partial charge is 0.453 e. The number of esters is 1. The van der Waals surface area contributed by atoms with Crippen molar-refractivity contribution in [1.29, 1.82) is 0 Å². The fourth-order valence-corrected chi connectivity index (χ4v) is 1.12. The predicted molar refractivity (Wildman–Crippen MR) is 57.9 cm³/mol. The summed E-state index contributed by atoms with van der Waals surface area (Å²) in [4.78, 5) is 35.6. The highest BCUT2D eigenvalue weighted by Crippen LogP contribution is 2.01. The molecule has 0 aliphatic heterocycles.